The van der Waals surface area contributed by atoms with Crippen LogP contribution in [0.5, 0.6) is 0 Å². The van der Waals surface area contributed by atoms with Gasteiger partial charge < -0.3 is 15.2 Å². The van der Waals surface area contributed by atoms with Crippen LogP contribution in [-0.4, -0.2) is 41.0 Å². The molecule has 0 bridgehead atoms. The molecule has 1 aromatic heterocycles. The van der Waals surface area contributed by atoms with Gasteiger partial charge >= 0.3 is 0 Å². The maximum absolute atomic E-state index is 12.3. The molecule has 0 spiro atoms. The van der Waals surface area contributed by atoms with Crippen LogP contribution >= 0.6 is 15.9 Å². The summed E-state index contributed by atoms with van der Waals surface area (Å²) in [5.41, 5.74) is 0.646. The fourth-order valence-corrected chi connectivity index (χ4v) is 2.51. The number of H-pyrrole nitrogens is 1. The summed E-state index contributed by atoms with van der Waals surface area (Å²) in [5, 5.41) is 3.31. The lowest BCUT2D eigenvalue weighted by molar-refractivity contribution is 0.0539. The second-order valence-electron chi connectivity index (χ2n) is 4.30. The Morgan fingerprint density at radius 3 is 2.56 bits per heavy atom. The minimum Gasteiger partial charge on any atom is -0.356 e. The molecule has 2 unspecified atom stereocenters. The highest BCUT2D eigenvalue weighted by molar-refractivity contribution is 9.10. The quantitative estimate of drug-likeness (QED) is 0.824. The summed E-state index contributed by atoms with van der Waals surface area (Å²) in [4.78, 5) is 17.2. The van der Waals surface area contributed by atoms with Gasteiger partial charge in [0.15, 0.2) is 0 Å². The van der Waals surface area contributed by atoms with Gasteiger partial charge in [-0.1, -0.05) is 0 Å². The molecule has 0 aromatic carbocycles. The molecule has 2 rings (SSSR count). The molecule has 1 saturated heterocycles. The van der Waals surface area contributed by atoms with E-state index in [9.17, 15) is 4.79 Å². The summed E-state index contributed by atoms with van der Waals surface area (Å²) in [5.74, 6) is 0.0761. The molecule has 4 nitrogen and oxygen atoms in total. The van der Waals surface area contributed by atoms with Crippen LogP contribution in [0, 0.1) is 0 Å². The van der Waals surface area contributed by atoms with Crippen LogP contribution in [0.4, 0.5) is 0 Å². The van der Waals surface area contributed by atoms with Gasteiger partial charge in [-0.3, -0.25) is 4.79 Å². The fraction of sp³-hybridized carbons (Fsp3) is 0.545. The van der Waals surface area contributed by atoms with Crippen LogP contribution in [0.3, 0.4) is 0 Å². The van der Waals surface area contributed by atoms with Gasteiger partial charge in [0.2, 0.25) is 0 Å². The first-order valence-electron chi connectivity index (χ1n) is 5.47. The van der Waals surface area contributed by atoms with Crippen molar-refractivity contribution >= 4 is 21.8 Å². The van der Waals surface area contributed by atoms with Gasteiger partial charge in [-0.05, 0) is 35.8 Å². The van der Waals surface area contributed by atoms with E-state index in [1.807, 2.05) is 11.0 Å². The number of piperazine rings is 1. The van der Waals surface area contributed by atoms with Crippen LogP contribution in [0.15, 0.2) is 16.7 Å². The SMILES string of the molecule is CC1CNCC(C)N1C(=O)c1cc(Br)c[nH]1. The molecule has 0 aliphatic carbocycles. The molecule has 1 aliphatic rings. The summed E-state index contributed by atoms with van der Waals surface area (Å²) >= 11 is 3.34. The number of hydrogen-bond donors (Lipinski definition) is 2. The molecular weight excluding hydrogens is 270 g/mol. The Morgan fingerprint density at radius 2 is 2.06 bits per heavy atom. The van der Waals surface area contributed by atoms with Crippen LogP contribution in [-0.2, 0) is 0 Å². The van der Waals surface area contributed by atoms with Crippen molar-refractivity contribution < 1.29 is 4.79 Å². The molecule has 1 amide bonds. The van der Waals surface area contributed by atoms with Crippen molar-refractivity contribution in [2.24, 2.45) is 0 Å². The highest BCUT2D eigenvalue weighted by Gasteiger charge is 2.29. The smallest absolute Gasteiger partial charge is 0.270 e. The fourth-order valence-electron chi connectivity index (χ4n) is 2.16. The highest BCUT2D eigenvalue weighted by atomic mass is 79.9. The predicted octanol–water partition coefficient (Wildman–Crippen LogP) is 1.60. The number of aromatic amines is 1. The van der Waals surface area contributed by atoms with Crippen LogP contribution < -0.4 is 5.32 Å². The van der Waals surface area contributed by atoms with Crippen molar-refractivity contribution in [1.82, 2.24) is 15.2 Å². The number of hydrogen-bond acceptors (Lipinski definition) is 2. The van der Waals surface area contributed by atoms with E-state index >= 15 is 0 Å². The van der Waals surface area contributed by atoms with Crippen molar-refractivity contribution in [2.45, 2.75) is 25.9 Å². The number of nitrogens with one attached hydrogen (secondary N) is 2. The molecule has 2 heterocycles. The van der Waals surface area contributed by atoms with Gasteiger partial charge in [-0.25, -0.2) is 0 Å². The van der Waals surface area contributed by atoms with E-state index in [1.54, 1.807) is 6.20 Å². The van der Waals surface area contributed by atoms with E-state index in [0.717, 1.165) is 17.6 Å². The second kappa shape index (κ2) is 4.59. The molecule has 2 atom stereocenters. The molecule has 5 heteroatoms. The molecule has 1 aliphatic heterocycles. The Labute approximate surface area is 104 Å². The minimum absolute atomic E-state index is 0.0761. The highest BCUT2D eigenvalue weighted by Crippen LogP contribution is 2.17. The van der Waals surface area contributed by atoms with E-state index in [1.165, 1.54) is 0 Å². The third-order valence-electron chi connectivity index (χ3n) is 2.94. The first kappa shape index (κ1) is 11.7. The van der Waals surface area contributed by atoms with E-state index < -0.39 is 0 Å². The first-order chi connectivity index (χ1) is 7.59. The third kappa shape index (κ3) is 2.15. The maximum Gasteiger partial charge on any atom is 0.270 e. The van der Waals surface area contributed by atoms with Gasteiger partial charge in [0.25, 0.3) is 5.91 Å². The Morgan fingerprint density at radius 1 is 1.44 bits per heavy atom. The first-order valence-corrected chi connectivity index (χ1v) is 6.26. The molecule has 1 fully saturated rings. The molecule has 2 N–H and O–H groups in total. The predicted molar refractivity (Wildman–Crippen MR) is 66.5 cm³/mol. The summed E-state index contributed by atoms with van der Waals surface area (Å²) in [6, 6.07) is 2.29. The van der Waals surface area contributed by atoms with Crippen molar-refractivity contribution in [3.63, 3.8) is 0 Å². The van der Waals surface area contributed by atoms with Crippen molar-refractivity contribution in [3.8, 4) is 0 Å². The van der Waals surface area contributed by atoms with Crippen LogP contribution in [0.25, 0.3) is 0 Å². The Hall–Kier alpha value is -0.810. The molecule has 0 saturated carbocycles. The van der Waals surface area contributed by atoms with Gasteiger partial charge in [0.05, 0.1) is 0 Å². The van der Waals surface area contributed by atoms with Crippen LogP contribution in [0.2, 0.25) is 0 Å². The van der Waals surface area contributed by atoms with Gasteiger partial charge in [0, 0.05) is 35.8 Å². The number of halogens is 1. The molecule has 0 radical (unpaired) electrons. The largest absolute Gasteiger partial charge is 0.356 e. The van der Waals surface area contributed by atoms with Crippen molar-refractivity contribution in [3.05, 3.63) is 22.4 Å². The number of carbonyl (C=O) groups excluding carboxylic acids is 1. The summed E-state index contributed by atoms with van der Waals surface area (Å²) in [6.45, 7) is 5.85. The number of nitrogens with zero attached hydrogens (tertiary/aromatic N) is 1. The summed E-state index contributed by atoms with van der Waals surface area (Å²) in [7, 11) is 0. The Bertz CT molecular complexity index is 380. The van der Waals surface area contributed by atoms with Crippen molar-refractivity contribution in [1.29, 1.82) is 0 Å². The number of aromatic nitrogens is 1. The zero-order chi connectivity index (χ0) is 11.7. The van der Waals surface area contributed by atoms with Gasteiger partial charge in [0.1, 0.15) is 5.69 Å². The normalized spacial score (nSPS) is 25.8. The maximum atomic E-state index is 12.3. The van der Waals surface area contributed by atoms with Gasteiger partial charge in [-0.15, -0.1) is 0 Å². The van der Waals surface area contributed by atoms with E-state index in [4.69, 9.17) is 0 Å². The lowest BCUT2D eigenvalue weighted by atomic mass is 10.1. The molecule has 16 heavy (non-hydrogen) atoms. The number of amides is 1. The molecule has 88 valence electrons. The monoisotopic (exact) mass is 285 g/mol. The Kier molecular flexibility index (Phi) is 3.35. The zero-order valence-electron chi connectivity index (χ0n) is 9.46. The Balaban J connectivity index is 2.19. The topological polar surface area (TPSA) is 48.1 Å². The molecule has 1 aromatic rings. The van der Waals surface area contributed by atoms with E-state index in [0.29, 0.717) is 5.69 Å². The minimum atomic E-state index is 0.0761. The average molecular weight is 286 g/mol. The lowest BCUT2D eigenvalue weighted by Gasteiger charge is -2.39. The standard InChI is InChI=1S/C11H16BrN3O/c1-7-4-13-5-8(2)15(7)11(16)10-3-9(12)6-14-10/h3,6-8,13-14H,4-5H2,1-2H3. The summed E-state index contributed by atoms with van der Waals surface area (Å²) in [6.07, 6.45) is 1.78. The van der Waals surface area contributed by atoms with Gasteiger partial charge in [-0.2, -0.15) is 0 Å². The third-order valence-corrected chi connectivity index (χ3v) is 3.40. The zero-order valence-corrected chi connectivity index (χ0v) is 11.0. The lowest BCUT2D eigenvalue weighted by Crippen LogP contribution is -2.57. The van der Waals surface area contributed by atoms with E-state index in [2.05, 4.69) is 40.1 Å². The van der Waals surface area contributed by atoms with Crippen molar-refractivity contribution in [2.75, 3.05) is 13.1 Å². The second-order valence-corrected chi connectivity index (χ2v) is 5.22. The number of rotatable bonds is 1. The number of carbonyl (C=O) groups is 1. The summed E-state index contributed by atoms with van der Waals surface area (Å²) < 4.78 is 0.909. The average Bonchev–Trinajstić information content (AvgIpc) is 2.64. The molecular formula is C11H16BrN3O. The van der Waals surface area contributed by atoms with Crippen LogP contribution in [0.1, 0.15) is 24.3 Å². The van der Waals surface area contributed by atoms with E-state index in [-0.39, 0.29) is 18.0 Å².